The molecule has 0 aliphatic carbocycles. The molecule has 28 heavy (non-hydrogen) atoms. The van der Waals surface area contributed by atoms with Crippen LogP contribution < -0.4 is 15.4 Å². The third kappa shape index (κ3) is 10.5. The summed E-state index contributed by atoms with van der Waals surface area (Å²) in [5.74, 6) is -0.892. The summed E-state index contributed by atoms with van der Waals surface area (Å²) >= 11 is 0. The van der Waals surface area contributed by atoms with E-state index in [-0.39, 0.29) is 42.2 Å². The van der Waals surface area contributed by atoms with Gasteiger partial charge in [-0.15, -0.1) is 24.0 Å². The second-order valence-electron chi connectivity index (χ2n) is 5.80. The van der Waals surface area contributed by atoms with Gasteiger partial charge in [-0.05, 0) is 26.0 Å². The molecule has 0 radical (unpaired) electrons. The Balaban J connectivity index is 0.00000729. The van der Waals surface area contributed by atoms with Crippen molar-refractivity contribution in [2.24, 2.45) is 4.99 Å². The molecule has 0 aliphatic heterocycles. The molecule has 1 atom stereocenters. The van der Waals surface area contributed by atoms with Crippen LogP contribution in [0.4, 0.5) is 17.6 Å². The molecular formula is C17H25F4IN4O2. The Kier molecular flexibility index (Phi) is 11.8. The molecule has 0 saturated heterocycles. The van der Waals surface area contributed by atoms with E-state index in [2.05, 4.69) is 15.6 Å². The molecule has 1 rings (SSSR count). The molecule has 0 aliphatic rings. The Bertz CT molecular complexity index is 644. The number of alkyl halides is 3. The van der Waals surface area contributed by atoms with Crippen LogP contribution in [0.1, 0.15) is 13.8 Å². The number of hydrogen-bond acceptors (Lipinski definition) is 3. The van der Waals surface area contributed by atoms with E-state index < -0.39 is 37.1 Å². The van der Waals surface area contributed by atoms with E-state index in [1.807, 2.05) is 0 Å². The molecule has 0 fully saturated rings. The van der Waals surface area contributed by atoms with Gasteiger partial charge in [-0.1, -0.05) is 12.1 Å². The number of rotatable bonds is 8. The number of amides is 1. The average molecular weight is 520 g/mol. The Labute approximate surface area is 178 Å². The lowest BCUT2D eigenvalue weighted by Crippen LogP contribution is -2.43. The summed E-state index contributed by atoms with van der Waals surface area (Å²) in [6.07, 6.45) is -4.88. The number of halogens is 5. The van der Waals surface area contributed by atoms with E-state index in [4.69, 9.17) is 4.74 Å². The number of carbonyl (C=O) groups is 1. The van der Waals surface area contributed by atoms with Crippen molar-refractivity contribution >= 4 is 35.8 Å². The number of nitrogens with zero attached hydrogens (tertiary/aromatic N) is 2. The number of hydrogen-bond donors (Lipinski definition) is 2. The Morgan fingerprint density at radius 1 is 1.29 bits per heavy atom. The van der Waals surface area contributed by atoms with Crippen LogP contribution in [0.5, 0.6) is 5.75 Å². The molecule has 1 aromatic carbocycles. The topological polar surface area (TPSA) is 66.0 Å². The van der Waals surface area contributed by atoms with E-state index >= 15 is 0 Å². The highest BCUT2D eigenvalue weighted by atomic mass is 127. The average Bonchev–Trinajstić information content (AvgIpc) is 2.57. The number of benzene rings is 1. The fourth-order valence-corrected chi connectivity index (χ4v) is 2.01. The number of likely N-dealkylation sites (N-methyl/N-ethyl adjacent to an activating group) is 1. The van der Waals surface area contributed by atoms with E-state index in [9.17, 15) is 22.4 Å². The number of para-hydroxylation sites is 1. The number of carbonyl (C=O) groups excluding carboxylic acids is 1. The molecule has 2 N–H and O–H groups in total. The van der Waals surface area contributed by atoms with Gasteiger partial charge in [0.1, 0.15) is 19.2 Å². The van der Waals surface area contributed by atoms with Gasteiger partial charge in [0.25, 0.3) is 0 Å². The minimum absolute atomic E-state index is 0. The van der Waals surface area contributed by atoms with Crippen molar-refractivity contribution in [3.63, 3.8) is 0 Å². The van der Waals surface area contributed by atoms with Crippen molar-refractivity contribution in [2.75, 3.05) is 33.2 Å². The summed E-state index contributed by atoms with van der Waals surface area (Å²) < 4.78 is 56.0. The first-order valence-corrected chi connectivity index (χ1v) is 8.36. The fourth-order valence-electron chi connectivity index (χ4n) is 2.01. The van der Waals surface area contributed by atoms with Gasteiger partial charge >= 0.3 is 6.18 Å². The molecule has 0 bridgehead atoms. The Morgan fingerprint density at radius 3 is 2.50 bits per heavy atom. The van der Waals surface area contributed by atoms with Gasteiger partial charge in [0, 0.05) is 13.6 Å². The summed E-state index contributed by atoms with van der Waals surface area (Å²) in [6, 6.07) is 5.98. The van der Waals surface area contributed by atoms with Gasteiger partial charge in [-0.25, -0.2) is 9.38 Å². The van der Waals surface area contributed by atoms with E-state index in [0.717, 1.165) is 7.05 Å². The molecule has 160 valence electrons. The summed E-state index contributed by atoms with van der Waals surface area (Å²) in [4.78, 5) is 16.3. The zero-order valence-corrected chi connectivity index (χ0v) is 18.2. The van der Waals surface area contributed by atoms with E-state index in [1.165, 1.54) is 12.1 Å². The lowest BCUT2D eigenvalue weighted by molar-refractivity contribution is -0.157. The predicted octanol–water partition coefficient (Wildman–Crippen LogP) is 2.79. The van der Waals surface area contributed by atoms with Crippen molar-refractivity contribution in [2.45, 2.75) is 26.1 Å². The van der Waals surface area contributed by atoms with Crippen molar-refractivity contribution in [1.29, 1.82) is 0 Å². The number of ether oxygens (including phenoxy) is 1. The fraction of sp³-hybridized carbons (Fsp3) is 0.529. The lowest BCUT2D eigenvalue weighted by atomic mass is 10.3. The first-order chi connectivity index (χ1) is 12.6. The standard InChI is InChI=1S/C17H24F4N4O2.HI/c1-4-22-16(24-10-15(26)25(3)11-17(19,20)21)23-9-12(2)27-14-8-6-5-7-13(14)18;/h5-8,12H,4,9-11H2,1-3H3,(H2,22,23,24);1H. The minimum atomic E-state index is -4.46. The smallest absolute Gasteiger partial charge is 0.406 e. The highest BCUT2D eigenvalue weighted by Crippen LogP contribution is 2.17. The maximum Gasteiger partial charge on any atom is 0.406 e. The van der Waals surface area contributed by atoms with Crippen molar-refractivity contribution in [3.8, 4) is 5.75 Å². The third-order valence-corrected chi connectivity index (χ3v) is 3.28. The van der Waals surface area contributed by atoms with Gasteiger partial charge in [-0.3, -0.25) is 4.79 Å². The number of guanidine groups is 1. The van der Waals surface area contributed by atoms with E-state index in [0.29, 0.717) is 11.4 Å². The van der Waals surface area contributed by atoms with Crippen LogP contribution in [0.3, 0.4) is 0 Å². The predicted molar refractivity (Wildman–Crippen MR) is 110 cm³/mol. The number of nitrogens with one attached hydrogen (secondary N) is 2. The second kappa shape index (κ2) is 12.6. The first kappa shape index (κ1) is 26.2. The highest BCUT2D eigenvalue weighted by Gasteiger charge is 2.31. The van der Waals surface area contributed by atoms with Crippen molar-refractivity contribution in [1.82, 2.24) is 15.5 Å². The molecule has 1 amide bonds. The Hall–Kier alpha value is -1.79. The molecule has 11 heteroatoms. The van der Waals surface area contributed by atoms with Crippen LogP contribution in [0, 0.1) is 5.82 Å². The molecule has 6 nitrogen and oxygen atoms in total. The quantitative estimate of drug-likeness (QED) is 0.240. The molecule has 0 spiro atoms. The van der Waals surface area contributed by atoms with Crippen molar-refractivity contribution < 1.29 is 27.1 Å². The monoisotopic (exact) mass is 520 g/mol. The zero-order valence-electron chi connectivity index (χ0n) is 15.8. The molecule has 1 aromatic rings. The van der Waals surface area contributed by atoms with Gasteiger partial charge < -0.3 is 20.3 Å². The lowest BCUT2D eigenvalue weighted by Gasteiger charge is -2.19. The maximum atomic E-state index is 13.6. The number of aliphatic imine (C=N–C) groups is 1. The van der Waals surface area contributed by atoms with Gasteiger partial charge in [0.15, 0.2) is 17.5 Å². The van der Waals surface area contributed by atoms with Gasteiger partial charge in [0.2, 0.25) is 5.91 Å². The molecule has 1 unspecified atom stereocenters. The van der Waals surface area contributed by atoms with Gasteiger partial charge in [0.05, 0.1) is 6.54 Å². The largest absolute Gasteiger partial charge is 0.486 e. The maximum absolute atomic E-state index is 13.6. The van der Waals surface area contributed by atoms with E-state index in [1.54, 1.807) is 26.0 Å². The van der Waals surface area contributed by atoms with Crippen LogP contribution in [-0.2, 0) is 4.79 Å². The zero-order chi connectivity index (χ0) is 20.4. The van der Waals surface area contributed by atoms with Crippen LogP contribution in [0.2, 0.25) is 0 Å². The minimum Gasteiger partial charge on any atom is -0.486 e. The van der Waals surface area contributed by atoms with Crippen molar-refractivity contribution in [3.05, 3.63) is 30.1 Å². The highest BCUT2D eigenvalue weighted by molar-refractivity contribution is 14.0. The summed E-state index contributed by atoms with van der Waals surface area (Å²) in [5.41, 5.74) is 0. The van der Waals surface area contributed by atoms with Crippen LogP contribution in [0.15, 0.2) is 29.3 Å². The normalized spacial score (nSPS) is 12.6. The summed E-state index contributed by atoms with van der Waals surface area (Å²) in [5, 5.41) is 5.77. The second-order valence-corrected chi connectivity index (χ2v) is 5.80. The summed E-state index contributed by atoms with van der Waals surface area (Å²) in [6.45, 7) is 2.47. The van der Waals surface area contributed by atoms with Crippen LogP contribution >= 0.6 is 24.0 Å². The van der Waals surface area contributed by atoms with Crippen LogP contribution in [-0.4, -0.2) is 62.3 Å². The molecule has 0 heterocycles. The third-order valence-electron chi connectivity index (χ3n) is 3.28. The summed E-state index contributed by atoms with van der Waals surface area (Å²) in [7, 11) is 1.07. The SMILES string of the molecule is CCNC(=NCC(=O)N(C)CC(F)(F)F)NCC(C)Oc1ccccc1F.I. The van der Waals surface area contributed by atoms with Crippen LogP contribution in [0.25, 0.3) is 0 Å². The molecule has 0 saturated carbocycles. The Morgan fingerprint density at radius 2 is 1.93 bits per heavy atom. The molecule has 0 aromatic heterocycles. The van der Waals surface area contributed by atoms with Gasteiger partial charge in [-0.2, -0.15) is 13.2 Å². The first-order valence-electron chi connectivity index (χ1n) is 8.36. The molecular weight excluding hydrogens is 495 g/mol.